The van der Waals surface area contributed by atoms with Crippen molar-refractivity contribution in [2.75, 3.05) is 64.0 Å². The third kappa shape index (κ3) is 6.59. The molecule has 4 aliphatic heterocycles. The second kappa shape index (κ2) is 14.6. The monoisotopic (exact) mass is 729 g/mol. The SMILES string of the molecule is COc1ccc(C2=CN3C(=O)c4cc(OC)c(OCCCOc5cc6c(cc5OC)C(=O)N5C=C(c7cccc(N)c7)C[C@H]5CN6)cc4NC[C@@H]3C2)cc1. The number of nitrogens with one attached hydrogen (secondary N) is 2. The number of ether oxygens (including phenoxy) is 5. The number of rotatable bonds is 11. The first-order valence-electron chi connectivity index (χ1n) is 18.1. The van der Waals surface area contributed by atoms with E-state index in [-0.39, 0.29) is 23.9 Å². The van der Waals surface area contributed by atoms with Crippen LogP contribution in [0, 0.1) is 0 Å². The topological polar surface area (TPSA) is 137 Å². The van der Waals surface area contributed by atoms with E-state index in [1.165, 1.54) is 0 Å². The Morgan fingerprint density at radius 3 is 1.69 bits per heavy atom. The Kier molecular flexibility index (Phi) is 9.41. The first-order valence-corrected chi connectivity index (χ1v) is 18.1. The van der Waals surface area contributed by atoms with Gasteiger partial charge in [-0.2, -0.15) is 0 Å². The molecule has 4 aliphatic rings. The molecule has 0 aliphatic carbocycles. The number of carbonyl (C=O) groups excluding carboxylic acids is 2. The number of benzene rings is 4. The maximum Gasteiger partial charge on any atom is 0.260 e. The lowest BCUT2D eigenvalue weighted by molar-refractivity contribution is 0.0788. The lowest BCUT2D eigenvalue weighted by Gasteiger charge is -2.20. The number of fused-ring (bicyclic) bond motifs is 4. The quantitative estimate of drug-likeness (QED) is 0.116. The first-order chi connectivity index (χ1) is 26.3. The fourth-order valence-electron chi connectivity index (χ4n) is 7.54. The van der Waals surface area contributed by atoms with Gasteiger partial charge in [0.05, 0.1) is 69.1 Å². The highest BCUT2D eigenvalue weighted by atomic mass is 16.5. The van der Waals surface area contributed by atoms with Gasteiger partial charge in [0.1, 0.15) is 5.75 Å². The van der Waals surface area contributed by atoms with Crippen LogP contribution in [0.1, 0.15) is 51.1 Å². The predicted molar refractivity (Wildman–Crippen MR) is 208 cm³/mol. The van der Waals surface area contributed by atoms with Crippen molar-refractivity contribution in [3.05, 3.63) is 107 Å². The molecule has 0 aromatic heterocycles. The fourth-order valence-corrected chi connectivity index (χ4v) is 7.54. The van der Waals surface area contributed by atoms with Crippen molar-refractivity contribution in [2.45, 2.75) is 31.3 Å². The molecule has 278 valence electrons. The summed E-state index contributed by atoms with van der Waals surface area (Å²) in [7, 11) is 4.77. The third-order valence-electron chi connectivity index (χ3n) is 10.4. The van der Waals surface area contributed by atoms with Crippen LogP contribution >= 0.6 is 0 Å². The van der Waals surface area contributed by atoms with Crippen LogP contribution in [0.5, 0.6) is 28.7 Å². The van der Waals surface area contributed by atoms with Gasteiger partial charge in [-0.1, -0.05) is 24.3 Å². The maximum absolute atomic E-state index is 13.8. The summed E-state index contributed by atoms with van der Waals surface area (Å²) in [6, 6.07) is 22.7. The van der Waals surface area contributed by atoms with Crippen LogP contribution in [-0.4, -0.2) is 81.3 Å². The molecule has 4 heterocycles. The van der Waals surface area contributed by atoms with Gasteiger partial charge in [0, 0.05) is 49.7 Å². The Bertz CT molecular complexity index is 2170. The summed E-state index contributed by atoms with van der Waals surface area (Å²) in [6.45, 7) is 1.86. The molecule has 0 bridgehead atoms. The predicted octanol–water partition coefficient (Wildman–Crippen LogP) is 6.50. The van der Waals surface area contributed by atoms with Crippen LogP contribution in [0.15, 0.2) is 85.2 Å². The molecule has 2 atom stereocenters. The smallest absolute Gasteiger partial charge is 0.260 e. The zero-order valence-corrected chi connectivity index (χ0v) is 30.5. The lowest BCUT2D eigenvalue weighted by atomic mass is 10.0. The minimum atomic E-state index is -0.0989. The van der Waals surface area contributed by atoms with Crippen molar-refractivity contribution in [2.24, 2.45) is 0 Å². The van der Waals surface area contributed by atoms with Gasteiger partial charge in [-0.15, -0.1) is 0 Å². The number of anilines is 3. The number of hydrogen-bond acceptors (Lipinski definition) is 10. The number of amides is 2. The third-order valence-corrected chi connectivity index (χ3v) is 10.4. The van der Waals surface area contributed by atoms with Crippen LogP contribution in [0.25, 0.3) is 11.1 Å². The van der Waals surface area contributed by atoms with Gasteiger partial charge in [-0.05, 0) is 71.5 Å². The molecule has 4 N–H and O–H groups in total. The van der Waals surface area contributed by atoms with Gasteiger partial charge in [0.25, 0.3) is 11.8 Å². The molecule has 54 heavy (non-hydrogen) atoms. The van der Waals surface area contributed by atoms with Crippen LogP contribution < -0.4 is 40.1 Å². The van der Waals surface area contributed by atoms with Gasteiger partial charge in [-0.3, -0.25) is 9.59 Å². The van der Waals surface area contributed by atoms with Crippen molar-refractivity contribution >= 4 is 40.0 Å². The highest BCUT2D eigenvalue weighted by Gasteiger charge is 2.36. The largest absolute Gasteiger partial charge is 0.497 e. The molecular weight excluding hydrogens is 686 g/mol. The van der Waals surface area contributed by atoms with Crippen molar-refractivity contribution in [3.63, 3.8) is 0 Å². The standard InChI is InChI=1S/C42H43N5O7/c1-50-32-10-8-25(9-11-32)27-15-30-21-44-35-19-39(37(51-2)17-33(35)41(48)46(30)23-27)53-12-5-13-54-40-20-36-34(18-38(40)52-3)42(49)47-24-28(16-31(47)22-45-36)26-6-4-7-29(43)14-26/h4,6-11,14,17-20,23-24,30-31,44-45H,5,12-13,15-16,21-22,43H2,1-3H3/t30-,31-/m0/s1. The summed E-state index contributed by atoms with van der Waals surface area (Å²) >= 11 is 0. The Labute approximate surface area is 314 Å². The summed E-state index contributed by atoms with van der Waals surface area (Å²) in [5.74, 6) is 2.61. The van der Waals surface area contributed by atoms with Crippen molar-refractivity contribution in [3.8, 4) is 28.7 Å². The fraction of sp³-hybridized carbons (Fsp3) is 0.286. The van der Waals surface area contributed by atoms with Crippen LogP contribution in [0.2, 0.25) is 0 Å². The summed E-state index contributed by atoms with van der Waals surface area (Å²) < 4.78 is 29.0. The zero-order chi connectivity index (χ0) is 37.3. The molecule has 2 amide bonds. The van der Waals surface area contributed by atoms with Gasteiger partial charge in [-0.25, -0.2) is 0 Å². The van der Waals surface area contributed by atoms with E-state index < -0.39 is 0 Å². The molecule has 0 spiro atoms. The molecule has 0 fully saturated rings. The second-order valence-corrected chi connectivity index (χ2v) is 13.7. The molecule has 12 nitrogen and oxygen atoms in total. The summed E-state index contributed by atoms with van der Waals surface area (Å²) in [6.07, 6.45) is 5.91. The molecule has 0 radical (unpaired) electrons. The van der Waals surface area contributed by atoms with Gasteiger partial charge in [0.15, 0.2) is 23.0 Å². The van der Waals surface area contributed by atoms with Gasteiger partial charge < -0.3 is 49.9 Å². The van der Waals surface area contributed by atoms with Crippen LogP contribution in [0.3, 0.4) is 0 Å². The Hall–Kier alpha value is -6.30. The number of methoxy groups -OCH3 is 3. The molecule has 4 aromatic rings. The molecular formula is C42H43N5O7. The average molecular weight is 730 g/mol. The number of nitrogens with two attached hydrogens (primary N) is 1. The van der Waals surface area contributed by atoms with E-state index in [2.05, 4.69) is 10.6 Å². The number of nitrogens with zero attached hydrogens (tertiary/aromatic N) is 2. The summed E-state index contributed by atoms with van der Waals surface area (Å²) in [4.78, 5) is 31.2. The van der Waals surface area contributed by atoms with E-state index in [9.17, 15) is 9.59 Å². The number of hydrogen-bond donors (Lipinski definition) is 3. The molecule has 12 heteroatoms. The van der Waals surface area contributed by atoms with Crippen LogP contribution in [0.4, 0.5) is 17.1 Å². The molecule has 0 saturated heterocycles. The molecule has 0 saturated carbocycles. The average Bonchev–Trinajstić information content (AvgIpc) is 3.78. The van der Waals surface area contributed by atoms with Gasteiger partial charge in [0.2, 0.25) is 0 Å². The summed E-state index contributed by atoms with van der Waals surface area (Å²) in [5, 5.41) is 6.93. The van der Waals surface area contributed by atoms with E-state index >= 15 is 0 Å². The Morgan fingerprint density at radius 1 is 0.648 bits per heavy atom. The maximum atomic E-state index is 13.8. The molecule has 8 rings (SSSR count). The van der Waals surface area contributed by atoms with Gasteiger partial charge >= 0.3 is 0 Å². The Morgan fingerprint density at radius 2 is 1.19 bits per heavy atom. The molecule has 4 aromatic carbocycles. The highest BCUT2D eigenvalue weighted by Crippen LogP contribution is 2.41. The minimum Gasteiger partial charge on any atom is -0.497 e. The van der Waals surface area contributed by atoms with E-state index in [4.69, 9.17) is 29.4 Å². The van der Waals surface area contributed by atoms with Crippen molar-refractivity contribution in [1.82, 2.24) is 9.80 Å². The van der Waals surface area contributed by atoms with Crippen molar-refractivity contribution < 1.29 is 33.3 Å². The van der Waals surface area contributed by atoms with E-state index in [1.54, 1.807) is 38.4 Å². The van der Waals surface area contributed by atoms with E-state index in [0.29, 0.717) is 83.9 Å². The second-order valence-electron chi connectivity index (χ2n) is 13.7. The van der Waals surface area contributed by atoms with Crippen LogP contribution in [-0.2, 0) is 0 Å². The number of carbonyl (C=O) groups is 2. The van der Waals surface area contributed by atoms with Crippen molar-refractivity contribution in [1.29, 1.82) is 0 Å². The minimum absolute atomic E-state index is 0.0189. The zero-order valence-electron chi connectivity index (χ0n) is 30.5. The Balaban J connectivity index is 0.902. The highest BCUT2D eigenvalue weighted by molar-refractivity contribution is 6.04. The number of nitrogen functional groups attached to an aromatic ring is 1. The normalized spacial score (nSPS) is 18.4. The van der Waals surface area contributed by atoms with E-state index in [0.717, 1.165) is 40.9 Å². The lowest BCUT2D eigenvalue weighted by Crippen LogP contribution is -2.34. The first kappa shape index (κ1) is 34.8. The summed E-state index contributed by atoms with van der Waals surface area (Å²) in [5.41, 5.74) is 13.4. The van der Waals surface area contributed by atoms with E-state index in [1.807, 2.05) is 78.0 Å². The molecule has 0 unspecified atom stereocenters.